The highest BCUT2D eigenvalue weighted by Crippen LogP contribution is 2.18. The van der Waals surface area contributed by atoms with Gasteiger partial charge in [0, 0.05) is 23.1 Å². The fraction of sp³-hybridized carbons (Fsp3) is 1.00. The van der Waals surface area contributed by atoms with E-state index in [2.05, 4.69) is 58.6 Å². The Morgan fingerprint density at radius 1 is 1.21 bits per heavy atom. The van der Waals surface area contributed by atoms with Crippen LogP contribution < -0.4 is 5.32 Å². The van der Waals surface area contributed by atoms with Crippen LogP contribution >= 0.6 is 11.8 Å². The standard InChI is InChI=1S/C12H27NS/c1-7-12(5,6)13-8-9-14-11(4)10(2)3/h10-11,13H,7-9H2,1-6H3. The van der Waals surface area contributed by atoms with Gasteiger partial charge in [0.1, 0.15) is 0 Å². The van der Waals surface area contributed by atoms with E-state index >= 15 is 0 Å². The van der Waals surface area contributed by atoms with Crippen molar-refractivity contribution in [2.75, 3.05) is 12.3 Å². The molecule has 1 nitrogen and oxygen atoms in total. The summed E-state index contributed by atoms with van der Waals surface area (Å²) in [5, 5.41) is 4.36. The van der Waals surface area contributed by atoms with Crippen LogP contribution in [0.25, 0.3) is 0 Å². The summed E-state index contributed by atoms with van der Waals surface area (Å²) in [7, 11) is 0. The molecule has 0 saturated carbocycles. The molecule has 86 valence electrons. The first kappa shape index (κ1) is 14.3. The van der Waals surface area contributed by atoms with Crippen LogP contribution in [0.3, 0.4) is 0 Å². The first-order valence-corrected chi connectivity index (χ1v) is 6.80. The molecule has 1 N–H and O–H groups in total. The van der Waals surface area contributed by atoms with Crippen molar-refractivity contribution < 1.29 is 0 Å². The van der Waals surface area contributed by atoms with Gasteiger partial charge in [-0.25, -0.2) is 0 Å². The SMILES string of the molecule is CCC(C)(C)NCCSC(C)C(C)C. The van der Waals surface area contributed by atoms with Crippen molar-refractivity contribution in [2.45, 2.75) is 58.8 Å². The third-order valence-electron chi connectivity index (χ3n) is 2.91. The molecular weight excluding hydrogens is 190 g/mol. The molecular formula is C12H27NS. The van der Waals surface area contributed by atoms with Crippen LogP contribution in [0, 0.1) is 5.92 Å². The topological polar surface area (TPSA) is 12.0 Å². The number of thioether (sulfide) groups is 1. The Hall–Kier alpha value is 0.310. The first-order chi connectivity index (χ1) is 6.39. The van der Waals surface area contributed by atoms with E-state index in [0.717, 1.165) is 17.7 Å². The highest BCUT2D eigenvalue weighted by molar-refractivity contribution is 7.99. The summed E-state index contributed by atoms with van der Waals surface area (Å²) in [6.45, 7) is 14.8. The van der Waals surface area contributed by atoms with Crippen LogP contribution in [-0.4, -0.2) is 23.1 Å². The van der Waals surface area contributed by atoms with Crippen molar-refractivity contribution in [3.8, 4) is 0 Å². The van der Waals surface area contributed by atoms with Crippen LogP contribution in [0.5, 0.6) is 0 Å². The van der Waals surface area contributed by atoms with Gasteiger partial charge < -0.3 is 5.32 Å². The fourth-order valence-electron chi connectivity index (χ4n) is 0.952. The third-order valence-corrected chi connectivity index (χ3v) is 4.42. The molecule has 0 aromatic rings. The van der Waals surface area contributed by atoms with E-state index < -0.39 is 0 Å². The van der Waals surface area contributed by atoms with E-state index in [4.69, 9.17) is 0 Å². The average molecular weight is 217 g/mol. The molecule has 1 unspecified atom stereocenters. The van der Waals surface area contributed by atoms with Gasteiger partial charge in [-0.3, -0.25) is 0 Å². The molecule has 0 aliphatic rings. The van der Waals surface area contributed by atoms with Gasteiger partial charge in [0.15, 0.2) is 0 Å². The van der Waals surface area contributed by atoms with Crippen LogP contribution in [0.2, 0.25) is 0 Å². The molecule has 0 saturated heterocycles. The maximum absolute atomic E-state index is 3.58. The maximum Gasteiger partial charge on any atom is 0.0122 e. The lowest BCUT2D eigenvalue weighted by Gasteiger charge is -2.25. The second kappa shape index (κ2) is 6.73. The lowest BCUT2D eigenvalue weighted by atomic mass is 10.0. The number of nitrogens with one attached hydrogen (secondary N) is 1. The van der Waals surface area contributed by atoms with Gasteiger partial charge in [-0.15, -0.1) is 0 Å². The van der Waals surface area contributed by atoms with Gasteiger partial charge in [-0.05, 0) is 26.2 Å². The zero-order valence-electron chi connectivity index (χ0n) is 10.7. The monoisotopic (exact) mass is 217 g/mol. The van der Waals surface area contributed by atoms with Crippen LogP contribution in [-0.2, 0) is 0 Å². The summed E-state index contributed by atoms with van der Waals surface area (Å²) in [4.78, 5) is 0. The zero-order valence-corrected chi connectivity index (χ0v) is 11.5. The summed E-state index contributed by atoms with van der Waals surface area (Å²) in [6.07, 6.45) is 1.19. The fourth-order valence-corrected chi connectivity index (χ4v) is 1.93. The second-order valence-electron chi connectivity index (χ2n) is 4.98. The summed E-state index contributed by atoms with van der Waals surface area (Å²) < 4.78 is 0. The van der Waals surface area contributed by atoms with E-state index in [0.29, 0.717) is 5.54 Å². The highest BCUT2D eigenvalue weighted by atomic mass is 32.2. The van der Waals surface area contributed by atoms with E-state index in [1.54, 1.807) is 0 Å². The molecule has 0 aliphatic carbocycles. The molecule has 0 aromatic heterocycles. The van der Waals surface area contributed by atoms with Crippen molar-refractivity contribution >= 4 is 11.8 Å². The summed E-state index contributed by atoms with van der Waals surface area (Å²) >= 11 is 2.07. The molecule has 2 heteroatoms. The predicted molar refractivity (Wildman–Crippen MR) is 69.1 cm³/mol. The Balaban J connectivity index is 3.47. The van der Waals surface area contributed by atoms with Gasteiger partial charge >= 0.3 is 0 Å². The van der Waals surface area contributed by atoms with Crippen LogP contribution in [0.15, 0.2) is 0 Å². The van der Waals surface area contributed by atoms with Crippen molar-refractivity contribution in [1.29, 1.82) is 0 Å². The van der Waals surface area contributed by atoms with E-state index in [9.17, 15) is 0 Å². The summed E-state index contributed by atoms with van der Waals surface area (Å²) in [5.41, 5.74) is 0.307. The molecule has 0 aromatic carbocycles. The first-order valence-electron chi connectivity index (χ1n) is 5.75. The summed E-state index contributed by atoms with van der Waals surface area (Å²) in [6, 6.07) is 0. The molecule has 0 bridgehead atoms. The predicted octanol–water partition coefficient (Wildman–Crippen LogP) is 3.54. The molecule has 1 atom stereocenters. The molecule has 0 rings (SSSR count). The Kier molecular flexibility index (Phi) is 6.88. The zero-order chi connectivity index (χ0) is 11.2. The molecule has 0 spiro atoms. The van der Waals surface area contributed by atoms with Gasteiger partial charge in [0.2, 0.25) is 0 Å². The van der Waals surface area contributed by atoms with Gasteiger partial charge in [-0.1, -0.05) is 27.7 Å². The van der Waals surface area contributed by atoms with E-state index in [1.807, 2.05) is 0 Å². The smallest absolute Gasteiger partial charge is 0.0122 e. The minimum absolute atomic E-state index is 0.307. The summed E-state index contributed by atoms with van der Waals surface area (Å²) in [5.74, 6) is 2.02. The Bertz CT molecular complexity index is 143. The van der Waals surface area contributed by atoms with Crippen LogP contribution in [0.4, 0.5) is 0 Å². The van der Waals surface area contributed by atoms with Gasteiger partial charge in [0.05, 0.1) is 0 Å². The largest absolute Gasteiger partial charge is 0.311 e. The molecule has 0 aliphatic heterocycles. The highest BCUT2D eigenvalue weighted by Gasteiger charge is 2.13. The van der Waals surface area contributed by atoms with E-state index in [1.165, 1.54) is 12.2 Å². The number of rotatable bonds is 7. The Morgan fingerprint density at radius 2 is 1.79 bits per heavy atom. The lowest BCUT2D eigenvalue weighted by Crippen LogP contribution is -2.39. The number of hydrogen-bond acceptors (Lipinski definition) is 2. The quantitative estimate of drug-likeness (QED) is 0.655. The second-order valence-corrected chi connectivity index (χ2v) is 6.47. The molecule has 0 radical (unpaired) electrons. The van der Waals surface area contributed by atoms with Crippen molar-refractivity contribution in [2.24, 2.45) is 5.92 Å². The normalized spacial score (nSPS) is 14.8. The average Bonchev–Trinajstić information content (AvgIpc) is 2.12. The third kappa shape index (κ3) is 6.72. The lowest BCUT2D eigenvalue weighted by molar-refractivity contribution is 0.388. The van der Waals surface area contributed by atoms with Crippen LogP contribution in [0.1, 0.15) is 48.0 Å². The van der Waals surface area contributed by atoms with E-state index in [-0.39, 0.29) is 0 Å². The molecule has 14 heavy (non-hydrogen) atoms. The molecule has 0 amide bonds. The molecule has 0 fully saturated rings. The van der Waals surface area contributed by atoms with Gasteiger partial charge in [0.25, 0.3) is 0 Å². The Labute approximate surface area is 94.4 Å². The minimum Gasteiger partial charge on any atom is -0.311 e. The van der Waals surface area contributed by atoms with Crippen molar-refractivity contribution in [3.63, 3.8) is 0 Å². The maximum atomic E-state index is 3.58. The minimum atomic E-state index is 0.307. The Morgan fingerprint density at radius 3 is 2.21 bits per heavy atom. The van der Waals surface area contributed by atoms with Crippen molar-refractivity contribution in [3.05, 3.63) is 0 Å². The number of hydrogen-bond donors (Lipinski definition) is 1. The molecule has 0 heterocycles. The van der Waals surface area contributed by atoms with Crippen molar-refractivity contribution in [1.82, 2.24) is 5.32 Å². The van der Waals surface area contributed by atoms with Gasteiger partial charge in [-0.2, -0.15) is 11.8 Å².